The van der Waals surface area contributed by atoms with Gasteiger partial charge in [0.1, 0.15) is 0 Å². The van der Waals surface area contributed by atoms with E-state index < -0.39 is 0 Å². The van der Waals surface area contributed by atoms with Crippen LogP contribution in [0.5, 0.6) is 0 Å². The zero-order chi connectivity index (χ0) is 12.0. The number of thiocarbonyl (C=S) groups is 2. The molecular formula is C12H14O2S2. The van der Waals surface area contributed by atoms with Crippen LogP contribution in [0.4, 0.5) is 0 Å². The summed E-state index contributed by atoms with van der Waals surface area (Å²) in [7, 11) is 0. The Morgan fingerprint density at radius 2 is 1.12 bits per heavy atom. The highest BCUT2D eigenvalue weighted by atomic mass is 32.1. The summed E-state index contributed by atoms with van der Waals surface area (Å²) in [4.78, 5) is 1.50. The van der Waals surface area contributed by atoms with Gasteiger partial charge in [0.15, 0.2) is 0 Å². The summed E-state index contributed by atoms with van der Waals surface area (Å²) in [5, 5.41) is 17.5. The molecule has 2 N–H and O–H groups in total. The van der Waals surface area contributed by atoms with Gasteiger partial charge in [-0.3, -0.25) is 0 Å². The van der Waals surface area contributed by atoms with Crippen LogP contribution in [-0.2, 0) is 0 Å². The largest absolute Gasteiger partial charge is 0.396 e. The van der Waals surface area contributed by atoms with Crippen LogP contribution in [0.2, 0.25) is 0 Å². The van der Waals surface area contributed by atoms with Crippen LogP contribution >= 0.6 is 24.4 Å². The Bertz CT molecular complexity index is 334. The van der Waals surface area contributed by atoms with Gasteiger partial charge in [0.2, 0.25) is 0 Å². The number of hydrogen-bond donors (Lipinski definition) is 2. The summed E-state index contributed by atoms with van der Waals surface area (Å²) in [6.45, 7) is 0.146. The molecule has 0 fully saturated rings. The molecule has 86 valence electrons. The molecule has 0 saturated carbocycles. The second-order valence-electron chi connectivity index (χ2n) is 3.37. The molecule has 0 bridgehead atoms. The highest BCUT2D eigenvalue weighted by molar-refractivity contribution is 7.81. The maximum absolute atomic E-state index is 8.77. The molecule has 1 aromatic rings. The number of hydrogen-bond acceptors (Lipinski definition) is 4. The van der Waals surface area contributed by atoms with E-state index in [1.165, 1.54) is 0 Å². The first-order valence-corrected chi connectivity index (χ1v) is 5.89. The van der Waals surface area contributed by atoms with Crippen LogP contribution < -0.4 is 0 Å². The second kappa shape index (κ2) is 6.81. The van der Waals surface area contributed by atoms with Gasteiger partial charge in [0.25, 0.3) is 0 Å². The molecule has 0 amide bonds. The Morgan fingerprint density at radius 3 is 1.38 bits per heavy atom. The number of benzene rings is 1. The van der Waals surface area contributed by atoms with Gasteiger partial charge in [0.05, 0.1) is 0 Å². The topological polar surface area (TPSA) is 40.5 Å². The Balaban J connectivity index is 2.75. The van der Waals surface area contributed by atoms with E-state index in [1.807, 2.05) is 24.3 Å². The summed E-state index contributed by atoms with van der Waals surface area (Å²) in [5.74, 6) is 0. The Morgan fingerprint density at radius 1 is 0.812 bits per heavy atom. The van der Waals surface area contributed by atoms with Gasteiger partial charge in [0, 0.05) is 35.8 Å². The van der Waals surface area contributed by atoms with Crippen molar-refractivity contribution in [2.45, 2.75) is 12.8 Å². The van der Waals surface area contributed by atoms with Crippen molar-refractivity contribution in [3.63, 3.8) is 0 Å². The molecule has 0 radical (unpaired) electrons. The monoisotopic (exact) mass is 254 g/mol. The molecule has 0 aliphatic rings. The lowest BCUT2D eigenvalue weighted by Gasteiger charge is -2.05. The third-order valence-corrected chi connectivity index (χ3v) is 3.09. The zero-order valence-electron chi connectivity index (χ0n) is 8.85. The Labute approximate surface area is 106 Å². The van der Waals surface area contributed by atoms with Gasteiger partial charge in [-0.1, -0.05) is 48.7 Å². The molecule has 1 aromatic carbocycles. The van der Waals surface area contributed by atoms with E-state index in [1.54, 1.807) is 0 Å². The van der Waals surface area contributed by atoms with Gasteiger partial charge in [-0.05, 0) is 11.1 Å². The fraction of sp³-hybridized carbons (Fsp3) is 0.333. The quantitative estimate of drug-likeness (QED) is 0.601. The lowest BCUT2D eigenvalue weighted by atomic mass is 10.0. The molecule has 1 rings (SSSR count). The van der Waals surface area contributed by atoms with Crippen molar-refractivity contribution in [3.8, 4) is 0 Å². The predicted molar refractivity (Wildman–Crippen MR) is 73.2 cm³/mol. The van der Waals surface area contributed by atoms with Crippen LogP contribution in [0.15, 0.2) is 24.3 Å². The first-order valence-electron chi connectivity index (χ1n) is 5.07. The number of rotatable bonds is 6. The zero-order valence-corrected chi connectivity index (χ0v) is 10.5. The van der Waals surface area contributed by atoms with Gasteiger partial charge >= 0.3 is 0 Å². The summed E-state index contributed by atoms with van der Waals surface area (Å²) in [6.07, 6.45) is 1.02. The SMILES string of the molecule is OCCC(=S)c1ccc(C(=S)CCO)cc1. The van der Waals surface area contributed by atoms with Gasteiger partial charge in [-0.25, -0.2) is 0 Å². The molecular weight excluding hydrogens is 240 g/mol. The molecule has 0 aliphatic heterocycles. The number of aliphatic hydroxyl groups excluding tert-OH is 2. The maximum Gasteiger partial charge on any atom is 0.0479 e. The fourth-order valence-electron chi connectivity index (χ4n) is 1.33. The molecule has 0 aromatic heterocycles. The van der Waals surface area contributed by atoms with Gasteiger partial charge < -0.3 is 10.2 Å². The highest BCUT2D eigenvalue weighted by Gasteiger charge is 2.03. The summed E-state index contributed by atoms with van der Waals surface area (Å²) < 4.78 is 0. The second-order valence-corrected chi connectivity index (χ2v) is 4.36. The molecule has 0 unspecified atom stereocenters. The standard InChI is InChI=1S/C12H14O2S2/c13-7-5-11(15)9-1-2-10(4-3-9)12(16)6-8-14/h1-4,13-14H,5-8H2. The molecule has 0 saturated heterocycles. The van der Waals surface area contributed by atoms with E-state index in [9.17, 15) is 0 Å². The van der Waals surface area contributed by atoms with E-state index in [4.69, 9.17) is 34.6 Å². The minimum Gasteiger partial charge on any atom is -0.396 e. The van der Waals surface area contributed by atoms with Crippen molar-refractivity contribution in [1.29, 1.82) is 0 Å². The van der Waals surface area contributed by atoms with Crippen molar-refractivity contribution in [1.82, 2.24) is 0 Å². The van der Waals surface area contributed by atoms with Gasteiger partial charge in [-0.2, -0.15) is 0 Å². The van der Waals surface area contributed by atoms with Crippen LogP contribution in [-0.4, -0.2) is 33.2 Å². The van der Waals surface area contributed by atoms with Crippen molar-refractivity contribution < 1.29 is 10.2 Å². The minimum atomic E-state index is 0.0729. The molecule has 0 heterocycles. The van der Waals surface area contributed by atoms with Crippen molar-refractivity contribution in [2.75, 3.05) is 13.2 Å². The van der Waals surface area contributed by atoms with Gasteiger partial charge in [-0.15, -0.1) is 0 Å². The van der Waals surface area contributed by atoms with Crippen molar-refractivity contribution in [2.24, 2.45) is 0 Å². The van der Waals surface area contributed by atoms with Crippen LogP contribution in [0, 0.1) is 0 Å². The van der Waals surface area contributed by atoms with E-state index in [0.29, 0.717) is 12.8 Å². The molecule has 16 heavy (non-hydrogen) atoms. The molecule has 0 aliphatic carbocycles. The molecule has 0 spiro atoms. The number of aliphatic hydroxyl groups is 2. The first-order chi connectivity index (χ1) is 7.69. The normalized spacial score (nSPS) is 10.1. The summed E-state index contributed by atoms with van der Waals surface area (Å²) in [6, 6.07) is 7.60. The summed E-state index contributed by atoms with van der Waals surface area (Å²) >= 11 is 10.3. The molecule has 2 nitrogen and oxygen atoms in total. The third-order valence-electron chi connectivity index (χ3n) is 2.21. The smallest absolute Gasteiger partial charge is 0.0479 e. The minimum absolute atomic E-state index is 0.0729. The van der Waals surface area contributed by atoms with Crippen LogP contribution in [0.25, 0.3) is 0 Å². The van der Waals surface area contributed by atoms with Crippen molar-refractivity contribution in [3.05, 3.63) is 35.4 Å². The first kappa shape index (κ1) is 13.4. The lowest BCUT2D eigenvalue weighted by Crippen LogP contribution is -2.03. The molecule has 4 heteroatoms. The Hall–Kier alpha value is -0.680. The summed E-state index contributed by atoms with van der Waals surface area (Å²) in [5.41, 5.74) is 1.89. The van der Waals surface area contributed by atoms with Crippen LogP contribution in [0.1, 0.15) is 24.0 Å². The lowest BCUT2D eigenvalue weighted by molar-refractivity contribution is 0.307. The Kier molecular flexibility index (Phi) is 5.69. The van der Waals surface area contributed by atoms with E-state index in [0.717, 1.165) is 20.9 Å². The average molecular weight is 254 g/mol. The average Bonchev–Trinajstić information content (AvgIpc) is 2.30. The predicted octanol–water partition coefficient (Wildman–Crippen LogP) is 1.89. The highest BCUT2D eigenvalue weighted by Crippen LogP contribution is 2.10. The van der Waals surface area contributed by atoms with E-state index >= 15 is 0 Å². The molecule has 0 atom stereocenters. The van der Waals surface area contributed by atoms with Crippen LogP contribution in [0.3, 0.4) is 0 Å². The fourth-order valence-corrected chi connectivity index (χ4v) is 1.79. The maximum atomic E-state index is 8.77. The van der Waals surface area contributed by atoms with Crippen molar-refractivity contribution >= 4 is 34.2 Å². The third kappa shape index (κ3) is 3.72. The van der Waals surface area contributed by atoms with E-state index in [2.05, 4.69) is 0 Å². The van der Waals surface area contributed by atoms with E-state index in [-0.39, 0.29) is 13.2 Å².